The smallest absolute Gasteiger partial charge is 0.387 e. The van der Waals surface area contributed by atoms with Crippen LogP contribution in [0.25, 0.3) is 0 Å². The molecule has 0 saturated heterocycles. The zero-order valence-electron chi connectivity index (χ0n) is 35.6. The predicted molar refractivity (Wildman–Crippen MR) is 243 cm³/mol. The van der Waals surface area contributed by atoms with Crippen molar-refractivity contribution in [2.75, 3.05) is 0 Å². The van der Waals surface area contributed by atoms with E-state index in [4.69, 9.17) is 40.7 Å². The van der Waals surface area contributed by atoms with Crippen molar-refractivity contribution in [2.24, 2.45) is 0 Å². The summed E-state index contributed by atoms with van der Waals surface area (Å²) < 4.78 is 97.3. The summed E-state index contributed by atoms with van der Waals surface area (Å²) in [5.41, 5.74) is 3.45. The zero-order valence-corrected chi connectivity index (χ0v) is 38.3. The molecule has 6 aromatic carbocycles. The van der Waals surface area contributed by atoms with E-state index < -0.39 is 60.1 Å². The molecule has 66 heavy (non-hydrogen) atoms. The lowest BCUT2D eigenvalue weighted by Crippen LogP contribution is -2.65. The van der Waals surface area contributed by atoms with Gasteiger partial charge in [-0.15, -0.1) is 0 Å². The fourth-order valence-electron chi connectivity index (χ4n) is 6.65. The first-order valence-corrected chi connectivity index (χ1v) is 25.4. The summed E-state index contributed by atoms with van der Waals surface area (Å²) in [6.07, 6.45) is -12.9. The van der Waals surface area contributed by atoms with E-state index >= 15 is 0 Å². The van der Waals surface area contributed by atoms with Crippen LogP contribution in [0, 0.1) is 0 Å². The lowest BCUT2D eigenvalue weighted by Gasteiger charge is -2.45. The van der Waals surface area contributed by atoms with Gasteiger partial charge in [0.1, 0.15) is 36.6 Å². The van der Waals surface area contributed by atoms with Gasteiger partial charge < -0.3 is 15.3 Å². The quantitative estimate of drug-likeness (QED) is 0.0485. The molecule has 0 heterocycles. The van der Waals surface area contributed by atoms with E-state index in [9.17, 15) is 29.0 Å². The first kappa shape index (κ1) is 49.4. The summed E-state index contributed by atoms with van der Waals surface area (Å²) in [5, 5.41) is 36.4. The monoisotopic (exact) mass is 960 g/mol. The van der Waals surface area contributed by atoms with Crippen molar-refractivity contribution >= 4 is 23.5 Å². The first-order chi connectivity index (χ1) is 32.0. The van der Waals surface area contributed by atoms with Gasteiger partial charge in [0.25, 0.3) is 0 Å². The van der Waals surface area contributed by atoms with Crippen molar-refractivity contribution in [2.45, 2.75) is 76.3 Å². The zero-order chi connectivity index (χ0) is 46.2. The van der Waals surface area contributed by atoms with Gasteiger partial charge in [-0.25, -0.2) is 13.7 Å². The van der Waals surface area contributed by atoms with Crippen molar-refractivity contribution < 1.29 is 69.7 Å². The molecule has 0 spiro atoms. The average molecular weight is 961 g/mol. The molecule has 1 saturated carbocycles. The van der Waals surface area contributed by atoms with Gasteiger partial charge in [0.05, 0.1) is 39.6 Å². The summed E-state index contributed by atoms with van der Waals surface area (Å²) in [7, 11) is -14.6. The number of aliphatic hydroxyl groups excluding tert-OH is 3. The number of benzene rings is 6. The molecule has 6 aromatic rings. The SMILES string of the molecule is O=P(OCc1ccccc1)(OCc1ccccc1)O[C@H]1[C@H](O)[C@H](OP(=O)(OCc2ccccc2)OCc2ccccc2)[C@H](O)[C@@H](OP(=O)(OCc2ccccc2)OCc2ccccc2)[C@@H]1O. The third-order valence-electron chi connectivity index (χ3n) is 10.2. The van der Waals surface area contributed by atoms with Crippen molar-refractivity contribution in [1.29, 1.82) is 0 Å². The van der Waals surface area contributed by atoms with Gasteiger partial charge in [-0.2, -0.15) is 0 Å². The summed E-state index contributed by atoms with van der Waals surface area (Å²) in [6.45, 7) is -1.83. The van der Waals surface area contributed by atoms with E-state index in [1.807, 2.05) is 0 Å². The first-order valence-electron chi connectivity index (χ1n) is 21.0. The molecule has 0 atom stereocenters. The van der Waals surface area contributed by atoms with Gasteiger partial charge in [0.2, 0.25) is 0 Å². The highest BCUT2D eigenvalue weighted by Gasteiger charge is 2.58. The van der Waals surface area contributed by atoms with Gasteiger partial charge in [-0.05, 0) is 33.4 Å². The number of phosphoric ester groups is 3. The lowest BCUT2D eigenvalue weighted by molar-refractivity contribution is -0.215. The fraction of sp³-hybridized carbons (Fsp3) is 0.250. The highest BCUT2D eigenvalue weighted by molar-refractivity contribution is 7.49. The van der Waals surface area contributed by atoms with Crippen LogP contribution >= 0.6 is 23.5 Å². The van der Waals surface area contributed by atoms with Crippen molar-refractivity contribution in [3.8, 4) is 0 Å². The van der Waals surface area contributed by atoms with Crippen LogP contribution in [0.5, 0.6) is 0 Å². The van der Waals surface area contributed by atoms with Crippen LogP contribution in [0.4, 0.5) is 0 Å². The van der Waals surface area contributed by atoms with Crippen molar-refractivity contribution in [1.82, 2.24) is 0 Å². The second kappa shape index (κ2) is 24.0. The van der Waals surface area contributed by atoms with E-state index in [0.717, 1.165) is 0 Å². The van der Waals surface area contributed by atoms with Gasteiger partial charge >= 0.3 is 23.5 Å². The van der Waals surface area contributed by atoms with E-state index in [-0.39, 0.29) is 39.6 Å². The van der Waals surface area contributed by atoms with E-state index in [0.29, 0.717) is 33.4 Å². The molecule has 0 unspecified atom stereocenters. The van der Waals surface area contributed by atoms with Gasteiger partial charge in [-0.1, -0.05) is 182 Å². The number of phosphoric acid groups is 3. The maximum Gasteiger partial charge on any atom is 0.475 e. The summed E-state index contributed by atoms with van der Waals surface area (Å²) in [4.78, 5) is 0. The Morgan fingerprint density at radius 3 is 0.591 bits per heavy atom. The summed E-state index contributed by atoms with van der Waals surface area (Å²) in [6, 6.07) is 52.1. The number of hydrogen-bond acceptors (Lipinski definition) is 15. The standard InChI is InChI=1S/C48H51O15P3/c49-43-46(61-64(52,55-31-37-19-7-1-8-20-37)56-32-38-21-9-2-10-22-38)44(50)48(63-66(54,59-35-41-27-15-5-16-28-41)60-36-42-29-17-6-18-30-42)45(51)47(43)62-65(53,57-33-39-23-11-3-12-24-39)58-34-40-25-13-4-14-26-40/h1-30,43-51H,31-36H2/t43-,44+,45-,46-,47-,48-. The minimum atomic E-state index is -4.86. The highest BCUT2D eigenvalue weighted by Crippen LogP contribution is 2.59. The molecule has 18 heteroatoms. The predicted octanol–water partition coefficient (Wildman–Crippen LogP) is 9.86. The third kappa shape index (κ3) is 14.5. The Kier molecular flexibility index (Phi) is 18.0. The second-order valence-corrected chi connectivity index (χ2v) is 19.9. The van der Waals surface area contributed by atoms with E-state index in [1.54, 1.807) is 182 Å². The van der Waals surface area contributed by atoms with Crippen LogP contribution in [0.2, 0.25) is 0 Å². The van der Waals surface area contributed by atoms with Crippen LogP contribution in [-0.4, -0.2) is 51.9 Å². The summed E-state index contributed by atoms with van der Waals surface area (Å²) >= 11 is 0. The maximum atomic E-state index is 14.8. The fourth-order valence-corrected chi connectivity index (χ4v) is 10.7. The molecule has 0 bridgehead atoms. The molecule has 3 N–H and O–H groups in total. The van der Waals surface area contributed by atoms with E-state index in [2.05, 4.69) is 0 Å². The van der Waals surface area contributed by atoms with Gasteiger partial charge in [0.15, 0.2) is 0 Å². The Balaban J connectivity index is 1.24. The molecule has 0 aromatic heterocycles. The molecule has 7 rings (SSSR count). The maximum absolute atomic E-state index is 14.8. The molecular weight excluding hydrogens is 909 g/mol. The Morgan fingerprint density at radius 2 is 0.439 bits per heavy atom. The Labute approximate surface area is 383 Å². The minimum absolute atomic E-state index is 0.306. The van der Waals surface area contributed by atoms with Crippen molar-refractivity contribution in [3.63, 3.8) is 0 Å². The largest absolute Gasteiger partial charge is 0.475 e. The van der Waals surface area contributed by atoms with Gasteiger partial charge in [-0.3, -0.25) is 40.7 Å². The average Bonchev–Trinajstić information content (AvgIpc) is 3.36. The highest BCUT2D eigenvalue weighted by atomic mass is 31.2. The number of hydrogen-bond donors (Lipinski definition) is 3. The molecule has 1 fully saturated rings. The van der Waals surface area contributed by atoms with Crippen LogP contribution in [0.15, 0.2) is 182 Å². The molecule has 1 aliphatic rings. The molecule has 348 valence electrons. The van der Waals surface area contributed by atoms with Crippen molar-refractivity contribution in [3.05, 3.63) is 215 Å². The van der Waals surface area contributed by atoms with Crippen LogP contribution in [-0.2, 0) is 94.1 Å². The second-order valence-electron chi connectivity index (χ2n) is 15.1. The van der Waals surface area contributed by atoms with E-state index in [1.165, 1.54) is 0 Å². The number of rotatable bonds is 24. The lowest BCUT2D eigenvalue weighted by atomic mass is 9.85. The topological polar surface area (TPSA) is 195 Å². The minimum Gasteiger partial charge on any atom is -0.387 e. The number of aliphatic hydroxyl groups is 3. The summed E-state index contributed by atoms with van der Waals surface area (Å²) in [5.74, 6) is 0. The third-order valence-corrected chi connectivity index (χ3v) is 14.3. The Bertz CT molecular complexity index is 2060. The molecule has 0 amide bonds. The molecule has 0 aliphatic heterocycles. The van der Waals surface area contributed by atoms with Crippen LogP contribution < -0.4 is 0 Å². The molecule has 1 aliphatic carbocycles. The van der Waals surface area contributed by atoms with Crippen LogP contribution in [0.3, 0.4) is 0 Å². The van der Waals surface area contributed by atoms with Gasteiger partial charge in [0, 0.05) is 0 Å². The Morgan fingerprint density at radius 1 is 0.288 bits per heavy atom. The molecule has 15 nitrogen and oxygen atoms in total. The van der Waals surface area contributed by atoms with Crippen LogP contribution in [0.1, 0.15) is 33.4 Å². The normalized spacial score (nSPS) is 20.2. The molecule has 0 radical (unpaired) electrons. The molecular formula is C48H51O15P3. The Hall–Kier alpha value is -4.47.